The number of imidazole rings is 1. The fourth-order valence-electron chi connectivity index (χ4n) is 4.45. The second-order valence-corrected chi connectivity index (χ2v) is 10.2. The van der Waals surface area contributed by atoms with Gasteiger partial charge in [0.25, 0.3) is 6.01 Å². The number of Topliss-reactive ketones (excluding diaryl/α,β-unsaturated/α-hetero) is 1. The maximum absolute atomic E-state index is 11.3. The van der Waals surface area contributed by atoms with E-state index in [4.69, 9.17) is 19.2 Å². The Balaban J connectivity index is 1.34. The highest BCUT2D eigenvalue weighted by Crippen LogP contribution is 2.33. The lowest BCUT2D eigenvalue weighted by molar-refractivity contribution is -0.118. The molecule has 4 rings (SSSR count). The van der Waals surface area contributed by atoms with Crippen LogP contribution < -0.4 is 9.47 Å². The quantitative estimate of drug-likeness (QED) is 0.311. The summed E-state index contributed by atoms with van der Waals surface area (Å²) in [5.41, 5.74) is 2.95. The Labute approximate surface area is 209 Å². The van der Waals surface area contributed by atoms with Crippen LogP contribution in [-0.4, -0.2) is 34.1 Å². The van der Waals surface area contributed by atoms with E-state index >= 15 is 0 Å². The highest BCUT2D eigenvalue weighted by molar-refractivity contribution is 9.10. The van der Waals surface area contributed by atoms with Gasteiger partial charge in [0.15, 0.2) is 0 Å². The molecule has 0 radical (unpaired) electrons. The zero-order valence-corrected chi connectivity index (χ0v) is 21.7. The number of benzene rings is 2. The van der Waals surface area contributed by atoms with Crippen molar-refractivity contribution in [3.8, 4) is 11.8 Å². The number of nitrogens with zero attached hydrogens (tertiary/aromatic N) is 2. The monoisotopic (exact) mass is 528 g/mol. The number of fused-ring (bicyclic) bond motifs is 1. The fourth-order valence-corrected chi connectivity index (χ4v) is 4.96. The minimum Gasteiger partial charge on any atom is -0.489 e. The Hall–Kier alpha value is -2.38. The van der Waals surface area contributed by atoms with Gasteiger partial charge in [-0.15, -0.1) is 0 Å². The van der Waals surface area contributed by atoms with Crippen molar-refractivity contribution >= 4 is 32.7 Å². The third-order valence-corrected chi connectivity index (χ3v) is 6.87. The maximum Gasteiger partial charge on any atom is 0.297 e. The van der Waals surface area contributed by atoms with Crippen molar-refractivity contribution in [3.05, 3.63) is 52.5 Å². The summed E-state index contributed by atoms with van der Waals surface area (Å²) in [6, 6.07) is 14.7. The van der Waals surface area contributed by atoms with E-state index in [1.165, 1.54) is 0 Å². The van der Waals surface area contributed by atoms with Gasteiger partial charge in [-0.1, -0.05) is 37.3 Å². The Kier molecular flexibility index (Phi) is 8.27. The van der Waals surface area contributed by atoms with Crippen LogP contribution in [-0.2, 0) is 23.2 Å². The molecule has 1 fully saturated rings. The molecule has 0 N–H and O–H groups in total. The predicted octanol–water partition coefficient (Wildman–Crippen LogP) is 6.24. The largest absolute Gasteiger partial charge is 0.489 e. The molecule has 7 heteroatoms. The Morgan fingerprint density at radius 1 is 1.15 bits per heavy atom. The topological polar surface area (TPSA) is 62.6 Å². The van der Waals surface area contributed by atoms with Crippen LogP contribution in [0.15, 0.2) is 46.9 Å². The van der Waals surface area contributed by atoms with Crippen LogP contribution in [0.25, 0.3) is 11.0 Å². The van der Waals surface area contributed by atoms with E-state index in [1.54, 1.807) is 6.92 Å². The molecule has 0 aliphatic heterocycles. The molecule has 1 aliphatic carbocycles. The lowest BCUT2D eigenvalue weighted by Crippen LogP contribution is -2.30. The van der Waals surface area contributed by atoms with Gasteiger partial charge in [0.1, 0.15) is 29.8 Å². The second kappa shape index (κ2) is 11.4. The molecule has 1 atom stereocenters. The molecule has 0 amide bonds. The van der Waals surface area contributed by atoms with Crippen molar-refractivity contribution in [3.63, 3.8) is 0 Å². The minimum absolute atomic E-state index is 0.123. The standard InChI is InChI=1S/C27H33BrN2O4/c1-18(13-19(2)31)16-32-21-9-11-22(12-10-21)34-27-29-26-24(28)14-23(15-25(26)30(27)3)33-17-20-7-5-4-6-8-20/h4-8,14-15,18,21-22H,9-13,16-17H2,1-3H3/t18-,21?,22?/m1/s1. The smallest absolute Gasteiger partial charge is 0.297 e. The van der Waals surface area contributed by atoms with Gasteiger partial charge >= 0.3 is 0 Å². The molecule has 1 heterocycles. The third-order valence-electron chi connectivity index (χ3n) is 6.27. The van der Waals surface area contributed by atoms with E-state index in [0.717, 1.165) is 52.5 Å². The van der Waals surface area contributed by atoms with Gasteiger partial charge in [-0.05, 0) is 66.1 Å². The van der Waals surface area contributed by atoms with Crippen LogP contribution in [0.3, 0.4) is 0 Å². The van der Waals surface area contributed by atoms with E-state index in [9.17, 15) is 4.79 Å². The normalized spacial score (nSPS) is 19.2. The Bertz CT molecular complexity index is 1110. The van der Waals surface area contributed by atoms with Crippen molar-refractivity contribution in [2.75, 3.05) is 6.61 Å². The second-order valence-electron chi connectivity index (χ2n) is 9.36. The SMILES string of the molecule is CC(=O)C[C@@H](C)COC1CCC(Oc2nc3c(Br)cc(OCc4ccccc4)cc3n2C)CC1. The van der Waals surface area contributed by atoms with E-state index in [2.05, 4.69) is 35.0 Å². The lowest BCUT2D eigenvalue weighted by Gasteiger charge is -2.29. The predicted molar refractivity (Wildman–Crippen MR) is 136 cm³/mol. The molecule has 182 valence electrons. The molecule has 0 bridgehead atoms. The molecule has 34 heavy (non-hydrogen) atoms. The lowest BCUT2D eigenvalue weighted by atomic mass is 9.95. The average Bonchev–Trinajstić information content (AvgIpc) is 3.13. The molecule has 1 aromatic heterocycles. The molecular formula is C27H33BrN2O4. The summed E-state index contributed by atoms with van der Waals surface area (Å²) in [6.45, 7) is 4.86. The third kappa shape index (κ3) is 6.39. The molecule has 1 saturated carbocycles. The average molecular weight is 529 g/mol. The van der Waals surface area contributed by atoms with Gasteiger partial charge in [-0.3, -0.25) is 4.57 Å². The zero-order valence-electron chi connectivity index (χ0n) is 20.1. The summed E-state index contributed by atoms with van der Waals surface area (Å²) in [7, 11) is 1.98. The molecule has 1 aliphatic rings. The highest BCUT2D eigenvalue weighted by Gasteiger charge is 2.25. The first-order valence-corrected chi connectivity index (χ1v) is 12.8. The summed E-state index contributed by atoms with van der Waals surface area (Å²) in [5.74, 6) is 1.28. The van der Waals surface area contributed by atoms with Gasteiger partial charge in [0.2, 0.25) is 0 Å². The molecule has 6 nitrogen and oxygen atoms in total. The number of rotatable bonds is 10. The van der Waals surface area contributed by atoms with Gasteiger partial charge in [-0.2, -0.15) is 4.98 Å². The first-order chi connectivity index (χ1) is 16.4. The summed E-state index contributed by atoms with van der Waals surface area (Å²) in [4.78, 5) is 16.0. The van der Waals surface area contributed by atoms with Gasteiger partial charge in [0, 0.05) is 30.6 Å². The molecule has 0 saturated heterocycles. The van der Waals surface area contributed by atoms with Gasteiger partial charge < -0.3 is 19.0 Å². The molecular weight excluding hydrogens is 496 g/mol. The van der Waals surface area contributed by atoms with Gasteiger partial charge in [-0.25, -0.2) is 0 Å². The first kappa shape index (κ1) is 24.7. The summed E-state index contributed by atoms with van der Waals surface area (Å²) in [5, 5.41) is 0. The van der Waals surface area contributed by atoms with Crippen LogP contribution in [0.2, 0.25) is 0 Å². The van der Waals surface area contributed by atoms with E-state index in [0.29, 0.717) is 25.6 Å². The Morgan fingerprint density at radius 3 is 2.56 bits per heavy atom. The summed E-state index contributed by atoms with van der Waals surface area (Å²) < 4.78 is 21.3. The van der Waals surface area contributed by atoms with Crippen LogP contribution in [0, 0.1) is 5.92 Å². The fraction of sp³-hybridized carbons (Fsp3) is 0.481. The number of carbonyl (C=O) groups is 1. The zero-order chi connectivity index (χ0) is 24.1. The number of aryl methyl sites for hydroxylation is 1. The Morgan fingerprint density at radius 2 is 1.85 bits per heavy atom. The number of hydrogen-bond donors (Lipinski definition) is 0. The maximum atomic E-state index is 11.3. The van der Waals surface area contributed by atoms with Crippen LogP contribution in [0.5, 0.6) is 11.8 Å². The number of ether oxygens (including phenoxy) is 3. The number of carbonyl (C=O) groups excluding carboxylic acids is 1. The first-order valence-electron chi connectivity index (χ1n) is 12.0. The number of ketones is 1. The van der Waals surface area contributed by atoms with Crippen molar-refractivity contribution in [2.45, 2.75) is 64.8 Å². The molecule has 2 aromatic carbocycles. The molecule has 3 aromatic rings. The van der Waals surface area contributed by atoms with Crippen LogP contribution >= 0.6 is 15.9 Å². The minimum atomic E-state index is 0.123. The summed E-state index contributed by atoms with van der Waals surface area (Å²) >= 11 is 3.65. The van der Waals surface area contributed by atoms with Crippen LogP contribution in [0.1, 0.15) is 51.5 Å². The molecule has 0 unspecified atom stereocenters. The highest BCUT2D eigenvalue weighted by atomic mass is 79.9. The summed E-state index contributed by atoms with van der Waals surface area (Å²) in [6.07, 6.45) is 4.74. The van der Waals surface area contributed by atoms with E-state index < -0.39 is 0 Å². The van der Waals surface area contributed by atoms with E-state index in [1.807, 2.05) is 41.9 Å². The number of hydrogen-bond acceptors (Lipinski definition) is 5. The van der Waals surface area contributed by atoms with Gasteiger partial charge in [0.05, 0.1) is 11.6 Å². The van der Waals surface area contributed by atoms with Crippen molar-refractivity contribution < 1.29 is 19.0 Å². The number of halogens is 1. The van der Waals surface area contributed by atoms with Crippen LogP contribution in [0.4, 0.5) is 0 Å². The van der Waals surface area contributed by atoms with Crippen molar-refractivity contribution in [2.24, 2.45) is 13.0 Å². The van der Waals surface area contributed by atoms with Crippen molar-refractivity contribution in [1.82, 2.24) is 9.55 Å². The molecule has 0 spiro atoms. The number of aromatic nitrogens is 2. The van der Waals surface area contributed by atoms with E-state index in [-0.39, 0.29) is 23.9 Å². The van der Waals surface area contributed by atoms with Crippen molar-refractivity contribution in [1.29, 1.82) is 0 Å².